The van der Waals surface area contributed by atoms with Gasteiger partial charge in [0, 0.05) is 37.7 Å². The minimum absolute atomic E-state index is 0.0653. The largest absolute Gasteiger partial charge is 0.373 e. The van der Waals surface area contributed by atoms with E-state index in [1.165, 1.54) is 16.8 Å². The molecule has 0 aromatic carbocycles. The molecule has 2 N–H and O–H groups in total. The fourth-order valence-electron chi connectivity index (χ4n) is 1.89. The van der Waals surface area contributed by atoms with Gasteiger partial charge in [-0.2, -0.15) is 0 Å². The maximum atomic E-state index is 5.95. The molecule has 1 unspecified atom stereocenters. The highest BCUT2D eigenvalue weighted by Crippen LogP contribution is 2.23. The zero-order valence-electron chi connectivity index (χ0n) is 9.72. The minimum Gasteiger partial charge on any atom is -0.373 e. The van der Waals surface area contributed by atoms with E-state index in [4.69, 9.17) is 5.73 Å². The molecule has 2 rings (SSSR count). The van der Waals surface area contributed by atoms with Crippen molar-refractivity contribution in [1.29, 1.82) is 0 Å². The summed E-state index contributed by atoms with van der Waals surface area (Å²) in [6.45, 7) is 2.92. The molecule has 0 saturated carbocycles. The van der Waals surface area contributed by atoms with Crippen molar-refractivity contribution in [3.8, 4) is 0 Å². The van der Waals surface area contributed by atoms with E-state index in [2.05, 4.69) is 29.1 Å². The van der Waals surface area contributed by atoms with Crippen LogP contribution in [0.15, 0.2) is 42.4 Å². The highest BCUT2D eigenvalue weighted by Gasteiger charge is 2.14. The van der Waals surface area contributed by atoms with Gasteiger partial charge in [-0.25, -0.2) is 0 Å². The molecule has 16 heavy (non-hydrogen) atoms. The van der Waals surface area contributed by atoms with Gasteiger partial charge < -0.3 is 10.6 Å². The molecule has 3 heteroatoms. The summed E-state index contributed by atoms with van der Waals surface area (Å²) in [5.41, 5.74) is 9.55. The summed E-state index contributed by atoms with van der Waals surface area (Å²) < 4.78 is 0. The zero-order chi connectivity index (χ0) is 11.5. The Labute approximate surface area is 96.3 Å². The Hall–Kier alpha value is -1.61. The SMILES string of the molecule is CC(N)C1=CC(c2ccncc2)=CCN1C. The molecule has 0 spiro atoms. The van der Waals surface area contributed by atoms with E-state index in [1.54, 1.807) is 0 Å². The molecule has 0 amide bonds. The summed E-state index contributed by atoms with van der Waals surface area (Å²) in [7, 11) is 2.06. The molecule has 0 radical (unpaired) electrons. The quantitative estimate of drug-likeness (QED) is 0.815. The number of allylic oxidation sites excluding steroid dienone is 2. The molecule has 0 fully saturated rings. The lowest BCUT2D eigenvalue weighted by Crippen LogP contribution is -2.32. The fraction of sp³-hybridized carbons (Fsp3) is 0.308. The third kappa shape index (κ3) is 2.14. The van der Waals surface area contributed by atoms with Crippen molar-refractivity contribution in [2.75, 3.05) is 13.6 Å². The number of aromatic nitrogens is 1. The van der Waals surface area contributed by atoms with Crippen molar-refractivity contribution >= 4 is 5.57 Å². The molecular formula is C13H17N3. The molecule has 0 bridgehead atoms. The van der Waals surface area contributed by atoms with Crippen LogP contribution in [-0.4, -0.2) is 29.5 Å². The average Bonchev–Trinajstić information content (AvgIpc) is 2.30. The Bertz CT molecular complexity index is 418. The summed E-state index contributed by atoms with van der Waals surface area (Å²) in [4.78, 5) is 6.20. The maximum absolute atomic E-state index is 5.95. The Morgan fingerprint density at radius 3 is 2.69 bits per heavy atom. The van der Waals surface area contributed by atoms with Gasteiger partial charge >= 0.3 is 0 Å². The van der Waals surface area contributed by atoms with E-state index < -0.39 is 0 Å². The van der Waals surface area contributed by atoms with Crippen LogP contribution in [0.25, 0.3) is 5.57 Å². The van der Waals surface area contributed by atoms with Crippen molar-refractivity contribution < 1.29 is 0 Å². The van der Waals surface area contributed by atoms with E-state index in [0.29, 0.717) is 0 Å². The monoisotopic (exact) mass is 215 g/mol. The van der Waals surface area contributed by atoms with Crippen LogP contribution in [-0.2, 0) is 0 Å². The van der Waals surface area contributed by atoms with E-state index in [-0.39, 0.29) is 6.04 Å². The maximum Gasteiger partial charge on any atom is 0.0418 e. The number of rotatable bonds is 2. The highest BCUT2D eigenvalue weighted by molar-refractivity contribution is 5.75. The van der Waals surface area contributed by atoms with Crippen molar-refractivity contribution in [2.24, 2.45) is 5.73 Å². The first-order valence-corrected chi connectivity index (χ1v) is 5.47. The van der Waals surface area contributed by atoms with Crippen molar-refractivity contribution in [3.05, 3.63) is 47.9 Å². The van der Waals surface area contributed by atoms with Crippen molar-refractivity contribution in [1.82, 2.24) is 9.88 Å². The Kier molecular flexibility index (Phi) is 3.06. The molecule has 1 atom stereocenters. The molecule has 84 valence electrons. The first kappa shape index (κ1) is 10.9. The molecule has 1 aliphatic heterocycles. The summed E-state index contributed by atoms with van der Waals surface area (Å²) in [6, 6.07) is 4.11. The van der Waals surface area contributed by atoms with Crippen LogP contribution in [0.4, 0.5) is 0 Å². The zero-order valence-corrected chi connectivity index (χ0v) is 9.72. The van der Waals surface area contributed by atoms with E-state index in [1.807, 2.05) is 31.5 Å². The van der Waals surface area contributed by atoms with Crippen LogP contribution < -0.4 is 5.73 Å². The molecule has 0 saturated heterocycles. The second kappa shape index (κ2) is 4.49. The van der Waals surface area contributed by atoms with E-state index in [0.717, 1.165) is 6.54 Å². The van der Waals surface area contributed by atoms with Gasteiger partial charge in [-0.15, -0.1) is 0 Å². The lowest BCUT2D eigenvalue weighted by molar-refractivity contribution is 0.427. The van der Waals surface area contributed by atoms with E-state index >= 15 is 0 Å². The molecule has 1 aromatic rings. The van der Waals surface area contributed by atoms with Gasteiger partial charge in [0.2, 0.25) is 0 Å². The smallest absolute Gasteiger partial charge is 0.0418 e. The third-order valence-electron chi connectivity index (χ3n) is 2.81. The van der Waals surface area contributed by atoms with Crippen LogP contribution in [0.1, 0.15) is 12.5 Å². The van der Waals surface area contributed by atoms with Crippen LogP contribution in [0.5, 0.6) is 0 Å². The summed E-state index contributed by atoms with van der Waals surface area (Å²) in [5, 5.41) is 0. The van der Waals surface area contributed by atoms with Gasteiger partial charge in [-0.05, 0) is 36.3 Å². The predicted molar refractivity (Wildman–Crippen MR) is 66.6 cm³/mol. The lowest BCUT2D eigenvalue weighted by atomic mass is 10.0. The summed E-state index contributed by atoms with van der Waals surface area (Å²) in [5.74, 6) is 0. The molecule has 1 aromatic heterocycles. The predicted octanol–water partition coefficient (Wildman–Crippen LogP) is 1.64. The van der Waals surface area contributed by atoms with Crippen LogP contribution in [0.2, 0.25) is 0 Å². The Balaban J connectivity index is 2.32. The lowest BCUT2D eigenvalue weighted by Gasteiger charge is -2.28. The fourth-order valence-corrected chi connectivity index (χ4v) is 1.89. The third-order valence-corrected chi connectivity index (χ3v) is 2.81. The summed E-state index contributed by atoms with van der Waals surface area (Å²) in [6.07, 6.45) is 7.99. The van der Waals surface area contributed by atoms with Gasteiger partial charge in [0.05, 0.1) is 0 Å². The second-order valence-electron chi connectivity index (χ2n) is 4.13. The number of hydrogen-bond acceptors (Lipinski definition) is 3. The molecule has 0 aliphatic carbocycles. The van der Waals surface area contributed by atoms with E-state index in [9.17, 15) is 0 Å². The number of nitrogens with two attached hydrogens (primary N) is 1. The van der Waals surface area contributed by atoms with Gasteiger partial charge in [0.25, 0.3) is 0 Å². The first-order valence-electron chi connectivity index (χ1n) is 5.47. The Morgan fingerprint density at radius 1 is 1.38 bits per heavy atom. The first-order chi connectivity index (χ1) is 7.68. The van der Waals surface area contributed by atoms with Crippen molar-refractivity contribution in [2.45, 2.75) is 13.0 Å². The number of hydrogen-bond donors (Lipinski definition) is 1. The molecule has 2 heterocycles. The van der Waals surface area contributed by atoms with Gasteiger partial charge in [-0.3, -0.25) is 4.98 Å². The highest BCUT2D eigenvalue weighted by atomic mass is 15.1. The van der Waals surface area contributed by atoms with Crippen LogP contribution in [0.3, 0.4) is 0 Å². The van der Waals surface area contributed by atoms with Gasteiger partial charge in [-0.1, -0.05) is 6.08 Å². The average molecular weight is 215 g/mol. The summed E-state index contributed by atoms with van der Waals surface area (Å²) >= 11 is 0. The number of pyridine rings is 1. The second-order valence-corrected chi connectivity index (χ2v) is 4.13. The molecule has 3 nitrogen and oxygen atoms in total. The number of likely N-dealkylation sites (N-methyl/N-ethyl adjacent to an activating group) is 1. The normalized spacial score (nSPS) is 17.8. The topological polar surface area (TPSA) is 42.1 Å². The minimum atomic E-state index is 0.0653. The molecular weight excluding hydrogens is 198 g/mol. The standard InChI is InChI=1S/C13H17N3/c1-10(14)13-9-12(5-8-16(13)2)11-3-6-15-7-4-11/h3-7,9-10H,8,14H2,1-2H3. The van der Waals surface area contributed by atoms with Crippen LogP contribution in [0, 0.1) is 0 Å². The van der Waals surface area contributed by atoms with Gasteiger partial charge in [0.1, 0.15) is 0 Å². The number of nitrogens with zero attached hydrogens (tertiary/aromatic N) is 2. The van der Waals surface area contributed by atoms with Crippen LogP contribution >= 0.6 is 0 Å². The molecule has 1 aliphatic rings. The van der Waals surface area contributed by atoms with Gasteiger partial charge in [0.15, 0.2) is 0 Å². The Morgan fingerprint density at radius 2 is 2.06 bits per heavy atom. The van der Waals surface area contributed by atoms with Crippen molar-refractivity contribution in [3.63, 3.8) is 0 Å².